The molecule has 3 rings (SSSR count). The van der Waals surface area contributed by atoms with Gasteiger partial charge in [-0.3, -0.25) is 9.59 Å². The molecule has 0 aliphatic heterocycles. The quantitative estimate of drug-likeness (QED) is 0.515. The highest BCUT2D eigenvalue weighted by Gasteiger charge is 2.03. The summed E-state index contributed by atoms with van der Waals surface area (Å²) in [5.41, 5.74) is 2.53. The average Bonchev–Trinajstić information content (AvgIpc) is 2.78. The zero-order valence-corrected chi connectivity index (χ0v) is 16.8. The number of carbonyl (C=O) groups excluding carboxylic acids is 2. The van der Waals surface area contributed by atoms with E-state index in [9.17, 15) is 9.59 Å². The van der Waals surface area contributed by atoms with Crippen LogP contribution in [0.3, 0.4) is 0 Å². The number of benzene rings is 3. The summed E-state index contributed by atoms with van der Waals surface area (Å²) in [5.74, 6) is 1.23. The lowest BCUT2D eigenvalue weighted by molar-refractivity contribution is 0.0980. The Morgan fingerprint density at radius 2 is 1.21 bits per heavy atom. The van der Waals surface area contributed by atoms with Gasteiger partial charge in [0.25, 0.3) is 0 Å². The smallest absolute Gasteiger partial charge is 0.162 e. The summed E-state index contributed by atoms with van der Waals surface area (Å²) < 4.78 is 5.65. The maximum absolute atomic E-state index is 11.5. The van der Waals surface area contributed by atoms with Crippen LogP contribution in [-0.2, 0) is 6.61 Å². The molecule has 0 fully saturated rings. The molecular weight excluding hydrogens is 364 g/mol. The molecule has 0 aliphatic rings. The van der Waals surface area contributed by atoms with Gasteiger partial charge in [-0.1, -0.05) is 44.2 Å². The number of aromatic hydroxyl groups is 1. The predicted molar refractivity (Wildman–Crippen MR) is 115 cm³/mol. The molecule has 4 nitrogen and oxygen atoms in total. The second kappa shape index (κ2) is 11.4. The molecule has 0 bridgehead atoms. The van der Waals surface area contributed by atoms with Crippen LogP contribution in [0.5, 0.6) is 11.5 Å². The van der Waals surface area contributed by atoms with Crippen molar-refractivity contribution < 1.29 is 19.4 Å². The summed E-state index contributed by atoms with van der Waals surface area (Å²) in [4.78, 5) is 22.5. The number of ether oxygens (including phenoxy) is 1. The number of hydrogen-bond acceptors (Lipinski definition) is 4. The monoisotopic (exact) mass is 390 g/mol. The van der Waals surface area contributed by atoms with Gasteiger partial charge in [-0.15, -0.1) is 0 Å². The molecule has 29 heavy (non-hydrogen) atoms. The standard InChI is InChI=1S/C16H16O2.C9H10O2/c1-2-16(17)14-8-10-15(11-9-14)18-12-13-6-4-3-5-7-13;1-2-9(11)7-3-5-8(10)6-4-7/h3-11H,2,12H2,1H3;3-6,10H,2H2,1H3. The lowest BCUT2D eigenvalue weighted by Gasteiger charge is -2.06. The van der Waals surface area contributed by atoms with E-state index >= 15 is 0 Å². The summed E-state index contributed by atoms with van der Waals surface area (Å²) in [5, 5.41) is 8.90. The number of phenolic OH excluding ortho intramolecular Hbond substituents is 1. The number of ketones is 2. The first-order valence-electron chi connectivity index (χ1n) is 9.65. The molecule has 0 spiro atoms. The summed E-state index contributed by atoms with van der Waals surface area (Å²) in [7, 11) is 0. The Kier molecular flexibility index (Phi) is 8.64. The van der Waals surface area contributed by atoms with Gasteiger partial charge in [0.2, 0.25) is 0 Å². The Labute approximate surface area is 171 Å². The van der Waals surface area contributed by atoms with Gasteiger partial charge in [0.1, 0.15) is 18.1 Å². The number of Topliss-reactive ketones (excluding diaryl/α,β-unsaturated/α-hetero) is 2. The Morgan fingerprint density at radius 1 is 0.724 bits per heavy atom. The van der Waals surface area contributed by atoms with E-state index in [0.29, 0.717) is 25.0 Å². The van der Waals surface area contributed by atoms with Crippen LogP contribution < -0.4 is 4.74 Å². The van der Waals surface area contributed by atoms with Crippen molar-refractivity contribution in [2.24, 2.45) is 0 Å². The van der Waals surface area contributed by atoms with Crippen LogP contribution in [0, 0.1) is 0 Å². The van der Waals surface area contributed by atoms with Gasteiger partial charge in [-0.25, -0.2) is 0 Å². The molecule has 3 aromatic carbocycles. The van der Waals surface area contributed by atoms with Gasteiger partial charge in [-0.2, -0.15) is 0 Å². The molecule has 0 aromatic heterocycles. The Hall–Kier alpha value is -3.40. The minimum atomic E-state index is 0.102. The van der Waals surface area contributed by atoms with E-state index in [0.717, 1.165) is 16.9 Å². The fourth-order valence-electron chi connectivity index (χ4n) is 2.53. The molecule has 0 amide bonds. The molecule has 0 atom stereocenters. The van der Waals surface area contributed by atoms with Crippen molar-refractivity contribution >= 4 is 11.6 Å². The predicted octanol–water partition coefficient (Wildman–Crippen LogP) is 5.84. The molecule has 1 N–H and O–H groups in total. The topological polar surface area (TPSA) is 63.6 Å². The van der Waals surface area contributed by atoms with Crippen molar-refractivity contribution in [3.8, 4) is 11.5 Å². The van der Waals surface area contributed by atoms with Crippen LogP contribution in [0.2, 0.25) is 0 Å². The molecule has 0 unspecified atom stereocenters. The van der Waals surface area contributed by atoms with Crippen LogP contribution in [0.1, 0.15) is 53.0 Å². The second-order valence-electron chi connectivity index (χ2n) is 6.40. The van der Waals surface area contributed by atoms with E-state index in [2.05, 4.69) is 0 Å². The van der Waals surface area contributed by atoms with Crippen molar-refractivity contribution in [3.05, 3.63) is 95.6 Å². The van der Waals surface area contributed by atoms with Gasteiger partial charge >= 0.3 is 0 Å². The summed E-state index contributed by atoms with van der Waals surface area (Å²) in [6, 6.07) is 23.6. The Balaban J connectivity index is 0.000000234. The number of phenols is 1. The van der Waals surface area contributed by atoms with Gasteiger partial charge < -0.3 is 9.84 Å². The van der Waals surface area contributed by atoms with Crippen molar-refractivity contribution in [1.29, 1.82) is 0 Å². The van der Waals surface area contributed by atoms with Crippen molar-refractivity contribution in [2.75, 3.05) is 0 Å². The third-order valence-corrected chi connectivity index (χ3v) is 4.26. The third kappa shape index (κ3) is 7.26. The summed E-state index contributed by atoms with van der Waals surface area (Å²) >= 11 is 0. The van der Waals surface area contributed by atoms with Crippen LogP contribution in [-0.4, -0.2) is 16.7 Å². The maximum atomic E-state index is 11.5. The molecule has 3 aromatic rings. The average molecular weight is 390 g/mol. The minimum absolute atomic E-state index is 0.102. The minimum Gasteiger partial charge on any atom is -0.508 e. The first-order valence-corrected chi connectivity index (χ1v) is 9.65. The molecule has 150 valence electrons. The fourth-order valence-corrected chi connectivity index (χ4v) is 2.53. The molecule has 0 saturated carbocycles. The lowest BCUT2D eigenvalue weighted by atomic mass is 10.1. The summed E-state index contributed by atoms with van der Waals surface area (Å²) in [6.45, 7) is 4.22. The summed E-state index contributed by atoms with van der Waals surface area (Å²) in [6.07, 6.45) is 1.04. The zero-order valence-electron chi connectivity index (χ0n) is 16.8. The molecule has 0 radical (unpaired) electrons. The van der Waals surface area contributed by atoms with Gasteiger partial charge in [0.05, 0.1) is 0 Å². The molecule has 4 heteroatoms. The Morgan fingerprint density at radius 3 is 1.69 bits per heavy atom. The maximum Gasteiger partial charge on any atom is 0.162 e. The highest BCUT2D eigenvalue weighted by atomic mass is 16.5. The van der Waals surface area contributed by atoms with E-state index in [4.69, 9.17) is 9.84 Å². The third-order valence-electron chi connectivity index (χ3n) is 4.26. The van der Waals surface area contributed by atoms with Crippen LogP contribution >= 0.6 is 0 Å². The van der Waals surface area contributed by atoms with E-state index < -0.39 is 0 Å². The number of rotatable bonds is 7. The fraction of sp³-hybridized carbons (Fsp3) is 0.200. The molecule has 0 heterocycles. The van der Waals surface area contributed by atoms with Crippen LogP contribution in [0.15, 0.2) is 78.9 Å². The largest absolute Gasteiger partial charge is 0.508 e. The number of hydrogen-bond donors (Lipinski definition) is 1. The highest BCUT2D eigenvalue weighted by molar-refractivity contribution is 5.96. The van der Waals surface area contributed by atoms with Crippen LogP contribution in [0.4, 0.5) is 0 Å². The van der Waals surface area contributed by atoms with Gasteiger partial charge in [0.15, 0.2) is 11.6 Å². The van der Waals surface area contributed by atoms with E-state index in [1.54, 1.807) is 12.1 Å². The van der Waals surface area contributed by atoms with Gasteiger partial charge in [-0.05, 0) is 54.1 Å². The van der Waals surface area contributed by atoms with E-state index in [1.807, 2.05) is 68.4 Å². The van der Waals surface area contributed by atoms with Crippen molar-refractivity contribution in [2.45, 2.75) is 33.3 Å². The first kappa shape index (κ1) is 21.9. The molecule has 0 aliphatic carbocycles. The molecule has 0 saturated heterocycles. The van der Waals surface area contributed by atoms with Gasteiger partial charge in [0, 0.05) is 24.0 Å². The van der Waals surface area contributed by atoms with Crippen molar-refractivity contribution in [1.82, 2.24) is 0 Å². The lowest BCUT2D eigenvalue weighted by Crippen LogP contribution is -1.98. The normalized spacial score (nSPS) is 9.86. The first-order chi connectivity index (χ1) is 14.0. The zero-order chi connectivity index (χ0) is 21.1. The highest BCUT2D eigenvalue weighted by Crippen LogP contribution is 2.15. The van der Waals surface area contributed by atoms with E-state index in [-0.39, 0.29) is 17.3 Å². The van der Waals surface area contributed by atoms with Crippen LogP contribution in [0.25, 0.3) is 0 Å². The molecular formula is C25H26O4. The van der Waals surface area contributed by atoms with Crippen molar-refractivity contribution in [3.63, 3.8) is 0 Å². The SMILES string of the molecule is CCC(=O)c1ccc(O)cc1.CCC(=O)c1ccc(OCc2ccccc2)cc1. The Bertz CT molecular complexity index is 898. The second-order valence-corrected chi connectivity index (χ2v) is 6.40. The van der Waals surface area contributed by atoms with E-state index in [1.165, 1.54) is 12.1 Å². The number of carbonyl (C=O) groups is 2.